The molecule has 0 saturated carbocycles. The fourth-order valence-corrected chi connectivity index (χ4v) is 2.69. The van der Waals surface area contributed by atoms with Gasteiger partial charge in [-0.25, -0.2) is 4.79 Å². The summed E-state index contributed by atoms with van der Waals surface area (Å²) in [7, 11) is 1.53. The minimum Gasteiger partial charge on any atom is -0.462 e. The van der Waals surface area contributed by atoms with Crippen molar-refractivity contribution in [1.29, 1.82) is 0 Å². The summed E-state index contributed by atoms with van der Waals surface area (Å²) < 4.78 is 43.4. The van der Waals surface area contributed by atoms with E-state index in [1.807, 2.05) is 0 Å². The Balaban J connectivity index is 1.90. The number of urea groups is 1. The van der Waals surface area contributed by atoms with Crippen LogP contribution in [0.5, 0.6) is 5.75 Å². The third-order valence-electron chi connectivity index (χ3n) is 4.25. The molecule has 1 aliphatic rings. The number of nitrogens with one attached hydrogen (secondary N) is 3. The molecule has 1 aromatic carbocycles. The Hall–Kier alpha value is -3.53. The first-order valence-electron chi connectivity index (χ1n) is 9.60. The van der Waals surface area contributed by atoms with Crippen molar-refractivity contribution in [2.45, 2.75) is 25.6 Å². The molecule has 11 heteroatoms. The van der Waals surface area contributed by atoms with Crippen LogP contribution in [-0.4, -0.2) is 37.4 Å². The zero-order valence-corrected chi connectivity index (χ0v) is 18.6. The fourth-order valence-electron chi connectivity index (χ4n) is 2.52. The van der Waals surface area contributed by atoms with E-state index in [1.54, 1.807) is 30.3 Å². The summed E-state index contributed by atoms with van der Waals surface area (Å²) in [5.74, 6) is 0.857. The Morgan fingerprint density at radius 3 is 2.52 bits per heavy atom. The Labute approximate surface area is 193 Å². The molecule has 0 radical (unpaired) electrons. The van der Waals surface area contributed by atoms with E-state index in [0.29, 0.717) is 23.6 Å². The zero-order valence-electron chi connectivity index (χ0n) is 17.8. The van der Waals surface area contributed by atoms with Crippen molar-refractivity contribution >= 4 is 35.4 Å². The number of dihydropyridines is 1. The third-order valence-corrected chi connectivity index (χ3v) is 4.61. The molecule has 7 nitrogen and oxygen atoms in total. The van der Waals surface area contributed by atoms with Gasteiger partial charge in [-0.05, 0) is 49.4 Å². The second kappa shape index (κ2) is 11.4. The number of halogens is 4. The first-order chi connectivity index (χ1) is 15.5. The number of rotatable bonds is 7. The summed E-state index contributed by atoms with van der Waals surface area (Å²) in [4.78, 5) is 27.9. The van der Waals surface area contributed by atoms with Crippen molar-refractivity contribution < 1.29 is 27.5 Å². The van der Waals surface area contributed by atoms with Crippen molar-refractivity contribution in [3.8, 4) is 5.75 Å². The van der Waals surface area contributed by atoms with Gasteiger partial charge in [0.05, 0.1) is 10.6 Å². The lowest BCUT2D eigenvalue weighted by Gasteiger charge is -2.17. The van der Waals surface area contributed by atoms with E-state index in [0.717, 1.165) is 6.08 Å². The number of alkyl halides is 3. The molecule has 0 aliphatic carbocycles. The maximum absolute atomic E-state index is 12.5. The molecular weight excluding hydrogens is 461 g/mol. The van der Waals surface area contributed by atoms with Gasteiger partial charge < -0.3 is 20.7 Å². The average Bonchev–Trinajstić information content (AvgIpc) is 2.77. The van der Waals surface area contributed by atoms with Gasteiger partial charge in [-0.2, -0.15) is 13.2 Å². The predicted molar refractivity (Wildman–Crippen MR) is 121 cm³/mol. The normalized spacial score (nSPS) is 16.5. The van der Waals surface area contributed by atoms with Crippen LogP contribution in [0.4, 0.5) is 23.7 Å². The molecule has 1 unspecified atom stereocenters. The van der Waals surface area contributed by atoms with Crippen molar-refractivity contribution in [2.75, 3.05) is 12.4 Å². The number of likely N-dealkylation sites (N-methyl/N-ethyl adjacent to an activating group) is 1. The zero-order chi connectivity index (χ0) is 24.6. The molecule has 3 N–H and O–H groups in total. The highest BCUT2D eigenvalue weighted by Gasteiger charge is 2.33. The van der Waals surface area contributed by atoms with Gasteiger partial charge in [0.1, 0.15) is 17.6 Å². The van der Waals surface area contributed by atoms with E-state index in [4.69, 9.17) is 16.3 Å². The standard InChI is InChI=1S/C22H22ClF3N4O3/c1-13(4-9-18(23)14(2)22(24,25)26)29-21(32)30-15-5-7-16(8-6-15)33-17-10-11-28-19(12-17)20(31)27-3/h4-11,19H,2,12H2,1,3H3,(H,27,31)(H2,29,30,32)/b13-4+,18-9+. The van der Waals surface area contributed by atoms with E-state index >= 15 is 0 Å². The van der Waals surface area contributed by atoms with Gasteiger partial charge in [0.2, 0.25) is 5.91 Å². The number of benzene rings is 1. The van der Waals surface area contributed by atoms with Crippen LogP contribution in [0, 0.1) is 0 Å². The van der Waals surface area contributed by atoms with Gasteiger partial charge in [0.25, 0.3) is 0 Å². The average molecular weight is 483 g/mol. The SMILES string of the molecule is C=C(/C(Cl)=C\C=C(/C)NC(=O)Nc1ccc(OC2=CC=NC(C(=O)NC)C2)cc1)C(F)(F)F. The maximum Gasteiger partial charge on any atom is 0.417 e. The van der Waals surface area contributed by atoms with Gasteiger partial charge in [-0.15, -0.1) is 0 Å². The predicted octanol–water partition coefficient (Wildman–Crippen LogP) is 4.80. The number of anilines is 1. The van der Waals surface area contributed by atoms with Crippen molar-refractivity contribution in [3.63, 3.8) is 0 Å². The number of amides is 3. The van der Waals surface area contributed by atoms with Crippen LogP contribution in [0.25, 0.3) is 0 Å². The Morgan fingerprint density at radius 2 is 1.91 bits per heavy atom. The van der Waals surface area contributed by atoms with E-state index in [2.05, 4.69) is 27.5 Å². The topological polar surface area (TPSA) is 91.8 Å². The number of nitrogens with zero attached hydrogens (tertiary/aromatic N) is 1. The number of allylic oxidation sites excluding steroid dienone is 6. The molecule has 1 heterocycles. The third kappa shape index (κ3) is 8.15. The van der Waals surface area contributed by atoms with Gasteiger partial charge in [0.15, 0.2) is 0 Å². The number of carbonyl (C=O) groups excluding carboxylic acids is 2. The highest BCUT2D eigenvalue weighted by atomic mass is 35.5. The largest absolute Gasteiger partial charge is 0.462 e. The molecule has 0 saturated heterocycles. The highest BCUT2D eigenvalue weighted by molar-refractivity contribution is 6.32. The molecule has 0 bridgehead atoms. The summed E-state index contributed by atoms with van der Waals surface area (Å²) in [6.45, 7) is 4.37. The quantitative estimate of drug-likeness (QED) is 0.487. The van der Waals surface area contributed by atoms with Gasteiger partial charge in [-0.3, -0.25) is 9.79 Å². The van der Waals surface area contributed by atoms with Crippen LogP contribution in [0.15, 0.2) is 76.1 Å². The minimum absolute atomic E-state index is 0.210. The fraction of sp³-hybridized carbons (Fsp3) is 0.227. The molecule has 33 heavy (non-hydrogen) atoms. The first kappa shape index (κ1) is 25.7. The van der Waals surface area contributed by atoms with E-state index in [1.165, 1.54) is 26.3 Å². The Bertz CT molecular complexity index is 1030. The molecule has 3 amide bonds. The lowest BCUT2D eigenvalue weighted by Crippen LogP contribution is -2.32. The van der Waals surface area contributed by atoms with Crippen LogP contribution >= 0.6 is 11.6 Å². The van der Waals surface area contributed by atoms with Crippen molar-refractivity contribution in [1.82, 2.24) is 10.6 Å². The maximum atomic E-state index is 12.5. The molecule has 1 atom stereocenters. The minimum atomic E-state index is -4.64. The molecule has 0 fully saturated rings. The van der Waals surface area contributed by atoms with Crippen LogP contribution in [0.3, 0.4) is 0 Å². The highest BCUT2D eigenvalue weighted by Crippen LogP contribution is 2.31. The van der Waals surface area contributed by atoms with Gasteiger partial charge in [-0.1, -0.05) is 18.2 Å². The molecule has 0 spiro atoms. The van der Waals surface area contributed by atoms with E-state index in [-0.39, 0.29) is 11.6 Å². The summed E-state index contributed by atoms with van der Waals surface area (Å²) in [6, 6.07) is 5.32. The number of aliphatic imine (C=N–C) groups is 1. The van der Waals surface area contributed by atoms with Gasteiger partial charge in [0, 0.05) is 31.1 Å². The lowest BCUT2D eigenvalue weighted by atomic mass is 10.1. The molecule has 2 rings (SSSR count). The summed E-state index contributed by atoms with van der Waals surface area (Å²) in [6.07, 6.45) is 1.08. The first-order valence-corrected chi connectivity index (χ1v) is 9.97. The molecule has 1 aromatic rings. The molecule has 1 aliphatic heterocycles. The Kier molecular flexibility index (Phi) is 8.86. The number of carbonyl (C=O) groups is 2. The number of hydrogen-bond donors (Lipinski definition) is 3. The van der Waals surface area contributed by atoms with Gasteiger partial charge >= 0.3 is 12.2 Å². The second-order valence-corrected chi connectivity index (χ2v) is 7.22. The van der Waals surface area contributed by atoms with E-state index < -0.39 is 28.9 Å². The van der Waals surface area contributed by atoms with Crippen molar-refractivity contribution in [3.05, 3.63) is 71.1 Å². The second-order valence-electron chi connectivity index (χ2n) is 6.81. The van der Waals surface area contributed by atoms with Crippen LogP contribution in [0.2, 0.25) is 0 Å². The molecule has 0 aromatic heterocycles. The smallest absolute Gasteiger partial charge is 0.417 e. The summed E-state index contributed by atoms with van der Waals surface area (Å²) >= 11 is 5.57. The monoisotopic (exact) mass is 482 g/mol. The summed E-state index contributed by atoms with van der Waals surface area (Å²) in [5.41, 5.74) is -0.466. The lowest BCUT2D eigenvalue weighted by molar-refractivity contribution is -0.121. The number of ether oxygens (including phenoxy) is 1. The molecule has 176 valence electrons. The Morgan fingerprint density at radius 1 is 1.24 bits per heavy atom. The number of hydrogen-bond acceptors (Lipinski definition) is 4. The van der Waals surface area contributed by atoms with E-state index in [9.17, 15) is 22.8 Å². The van der Waals surface area contributed by atoms with Crippen LogP contribution in [0.1, 0.15) is 13.3 Å². The van der Waals surface area contributed by atoms with Crippen LogP contribution in [-0.2, 0) is 4.79 Å². The molecular formula is C22H22ClF3N4O3. The van der Waals surface area contributed by atoms with Crippen molar-refractivity contribution in [2.24, 2.45) is 4.99 Å². The summed E-state index contributed by atoms with van der Waals surface area (Å²) in [5, 5.41) is 7.00. The van der Waals surface area contributed by atoms with Crippen LogP contribution < -0.4 is 20.7 Å².